The molecule has 5 heteroatoms. The van der Waals surface area contributed by atoms with Gasteiger partial charge in [0.1, 0.15) is 11.6 Å². The first kappa shape index (κ1) is 14.5. The molecular formula is C16H11BrClFO2. The van der Waals surface area contributed by atoms with Gasteiger partial charge in [-0.3, -0.25) is 4.79 Å². The summed E-state index contributed by atoms with van der Waals surface area (Å²) in [5.74, 6) is 0.170. The number of hydrogen-bond acceptors (Lipinski definition) is 2. The number of hydrogen-bond donors (Lipinski definition) is 0. The lowest BCUT2D eigenvalue weighted by molar-refractivity contribution is 0.0992. The number of ketones is 1. The van der Waals surface area contributed by atoms with Crippen LogP contribution in [-0.2, 0) is 12.8 Å². The summed E-state index contributed by atoms with van der Waals surface area (Å²) in [4.78, 5) is 12.4. The van der Waals surface area contributed by atoms with Crippen molar-refractivity contribution in [3.8, 4) is 5.75 Å². The van der Waals surface area contributed by atoms with Crippen molar-refractivity contribution in [2.75, 3.05) is 6.61 Å². The molecule has 0 N–H and O–H groups in total. The summed E-state index contributed by atoms with van der Waals surface area (Å²) in [5, 5.41) is 0.132. The molecule has 0 bridgehead atoms. The van der Waals surface area contributed by atoms with E-state index in [4.69, 9.17) is 16.3 Å². The molecule has 0 saturated carbocycles. The largest absolute Gasteiger partial charge is 0.493 e. The molecule has 108 valence electrons. The topological polar surface area (TPSA) is 26.3 Å². The predicted octanol–water partition coefficient (Wildman–Crippen LogP) is 4.60. The average molecular weight is 370 g/mol. The quantitative estimate of drug-likeness (QED) is 0.739. The fraction of sp³-hybridized carbons (Fsp3) is 0.188. The Bertz CT molecular complexity index is 730. The number of fused-ring (bicyclic) bond motifs is 1. The third-order valence-corrected chi connectivity index (χ3v) is 4.18. The smallest absolute Gasteiger partial charge is 0.168 e. The zero-order valence-corrected chi connectivity index (χ0v) is 13.3. The van der Waals surface area contributed by atoms with Gasteiger partial charge < -0.3 is 4.74 Å². The van der Waals surface area contributed by atoms with E-state index in [2.05, 4.69) is 15.9 Å². The highest BCUT2D eigenvalue weighted by molar-refractivity contribution is 9.10. The number of carbonyl (C=O) groups is 1. The Kier molecular flexibility index (Phi) is 4.00. The molecule has 3 rings (SSSR count). The Hall–Kier alpha value is -1.39. The second-order valence-corrected chi connectivity index (χ2v) is 6.20. The number of benzene rings is 2. The Balaban J connectivity index is 1.92. The van der Waals surface area contributed by atoms with Gasteiger partial charge in [-0.1, -0.05) is 27.5 Å². The average Bonchev–Trinajstić information content (AvgIpc) is 2.86. The molecule has 2 nitrogen and oxygen atoms in total. The molecule has 1 aliphatic rings. The van der Waals surface area contributed by atoms with Crippen molar-refractivity contribution in [2.45, 2.75) is 12.8 Å². The third kappa shape index (κ3) is 2.97. The van der Waals surface area contributed by atoms with Crippen LogP contribution in [0, 0.1) is 5.82 Å². The summed E-state index contributed by atoms with van der Waals surface area (Å²) >= 11 is 9.38. The van der Waals surface area contributed by atoms with Crippen molar-refractivity contribution < 1.29 is 13.9 Å². The highest BCUT2D eigenvalue weighted by atomic mass is 79.9. The Labute approximate surface area is 135 Å². The zero-order chi connectivity index (χ0) is 15.0. The molecule has 0 unspecified atom stereocenters. The fourth-order valence-corrected chi connectivity index (χ4v) is 3.29. The molecule has 0 aromatic heterocycles. The highest BCUT2D eigenvalue weighted by Crippen LogP contribution is 2.34. The normalized spacial score (nSPS) is 12.9. The Morgan fingerprint density at radius 2 is 2.14 bits per heavy atom. The molecule has 0 fully saturated rings. The molecule has 0 atom stereocenters. The highest BCUT2D eigenvalue weighted by Gasteiger charge is 2.20. The fourth-order valence-electron chi connectivity index (χ4n) is 2.46. The minimum atomic E-state index is -0.455. The number of carbonyl (C=O) groups excluding carboxylic acids is 1. The van der Waals surface area contributed by atoms with Crippen molar-refractivity contribution in [2.24, 2.45) is 0 Å². The van der Waals surface area contributed by atoms with Crippen LogP contribution in [0.5, 0.6) is 5.75 Å². The number of Topliss-reactive ketones (excluding diaryl/α,β-unsaturated/α-hetero) is 1. The van der Waals surface area contributed by atoms with Crippen LogP contribution in [0.25, 0.3) is 0 Å². The van der Waals surface area contributed by atoms with E-state index in [0.29, 0.717) is 12.2 Å². The summed E-state index contributed by atoms with van der Waals surface area (Å²) in [6, 6.07) is 7.68. The van der Waals surface area contributed by atoms with Gasteiger partial charge in [0.15, 0.2) is 5.78 Å². The van der Waals surface area contributed by atoms with E-state index in [1.54, 1.807) is 0 Å². The molecule has 1 aliphatic heterocycles. The van der Waals surface area contributed by atoms with E-state index < -0.39 is 5.82 Å². The first-order valence-electron chi connectivity index (χ1n) is 6.47. The van der Waals surface area contributed by atoms with Crippen molar-refractivity contribution in [3.05, 3.63) is 62.3 Å². The lowest BCUT2D eigenvalue weighted by Crippen LogP contribution is -2.06. The maximum Gasteiger partial charge on any atom is 0.168 e. The number of halogens is 3. The van der Waals surface area contributed by atoms with Crippen LogP contribution in [0.1, 0.15) is 21.5 Å². The van der Waals surface area contributed by atoms with E-state index in [1.807, 2.05) is 12.1 Å². The van der Waals surface area contributed by atoms with Crippen LogP contribution in [0.2, 0.25) is 5.02 Å². The van der Waals surface area contributed by atoms with Gasteiger partial charge in [0.25, 0.3) is 0 Å². The van der Waals surface area contributed by atoms with Crippen LogP contribution in [-0.4, -0.2) is 12.4 Å². The maximum atomic E-state index is 13.0. The molecule has 0 radical (unpaired) electrons. The van der Waals surface area contributed by atoms with Crippen LogP contribution < -0.4 is 4.74 Å². The molecule has 0 saturated heterocycles. The summed E-state index contributed by atoms with van der Waals surface area (Å²) in [7, 11) is 0. The zero-order valence-electron chi connectivity index (χ0n) is 11.0. The Morgan fingerprint density at radius 3 is 2.90 bits per heavy atom. The predicted molar refractivity (Wildman–Crippen MR) is 82.8 cm³/mol. The Morgan fingerprint density at radius 1 is 1.33 bits per heavy atom. The van der Waals surface area contributed by atoms with E-state index >= 15 is 0 Å². The van der Waals surface area contributed by atoms with Gasteiger partial charge in [0, 0.05) is 28.4 Å². The van der Waals surface area contributed by atoms with Gasteiger partial charge >= 0.3 is 0 Å². The third-order valence-electron chi connectivity index (χ3n) is 3.41. The number of rotatable bonds is 3. The molecule has 1 heterocycles. The molecule has 2 aromatic rings. The van der Waals surface area contributed by atoms with Gasteiger partial charge in [-0.2, -0.15) is 0 Å². The second kappa shape index (κ2) is 5.78. The van der Waals surface area contributed by atoms with E-state index in [9.17, 15) is 9.18 Å². The van der Waals surface area contributed by atoms with Crippen LogP contribution in [0.4, 0.5) is 4.39 Å². The SMILES string of the molecule is O=C(Cc1cc(Br)cc2c1OCC2)c1ccc(F)cc1Cl. The van der Waals surface area contributed by atoms with Crippen molar-refractivity contribution in [1.29, 1.82) is 0 Å². The summed E-state index contributed by atoms with van der Waals surface area (Å²) in [5.41, 5.74) is 2.24. The van der Waals surface area contributed by atoms with Crippen LogP contribution in [0.3, 0.4) is 0 Å². The summed E-state index contributed by atoms with van der Waals surface area (Å²) in [6.45, 7) is 0.629. The van der Waals surface area contributed by atoms with Gasteiger partial charge in [-0.25, -0.2) is 4.39 Å². The van der Waals surface area contributed by atoms with Gasteiger partial charge in [-0.15, -0.1) is 0 Å². The first-order chi connectivity index (χ1) is 10.0. The van der Waals surface area contributed by atoms with Gasteiger partial charge in [-0.05, 0) is 35.9 Å². The minimum Gasteiger partial charge on any atom is -0.493 e. The lowest BCUT2D eigenvalue weighted by atomic mass is 10.00. The van der Waals surface area contributed by atoms with Crippen LogP contribution in [0.15, 0.2) is 34.8 Å². The maximum absolute atomic E-state index is 13.0. The van der Waals surface area contributed by atoms with Crippen LogP contribution >= 0.6 is 27.5 Å². The molecule has 0 amide bonds. The lowest BCUT2D eigenvalue weighted by Gasteiger charge is -2.09. The first-order valence-corrected chi connectivity index (χ1v) is 7.64. The van der Waals surface area contributed by atoms with E-state index in [1.165, 1.54) is 12.1 Å². The van der Waals surface area contributed by atoms with E-state index in [0.717, 1.165) is 33.8 Å². The van der Waals surface area contributed by atoms with Crippen molar-refractivity contribution in [3.63, 3.8) is 0 Å². The minimum absolute atomic E-state index is 0.132. The summed E-state index contributed by atoms with van der Waals surface area (Å²) < 4.78 is 19.6. The van der Waals surface area contributed by atoms with Gasteiger partial charge in [0.2, 0.25) is 0 Å². The summed E-state index contributed by atoms with van der Waals surface area (Å²) in [6.07, 6.45) is 1.01. The van der Waals surface area contributed by atoms with Gasteiger partial charge in [0.05, 0.1) is 11.6 Å². The van der Waals surface area contributed by atoms with Crippen molar-refractivity contribution in [1.82, 2.24) is 0 Å². The molecule has 21 heavy (non-hydrogen) atoms. The van der Waals surface area contributed by atoms with E-state index in [-0.39, 0.29) is 17.2 Å². The monoisotopic (exact) mass is 368 g/mol. The second-order valence-electron chi connectivity index (χ2n) is 4.88. The number of ether oxygens (including phenoxy) is 1. The molecule has 2 aromatic carbocycles. The molecule has 0 spiro atoms. The standard InChI is InChI=1S/C16H11BrClFO2/c17-11-5-9-3-4-21-16(9)10(6-11)7-15(20)13-2-1-12(19)8-14(13)18/h1-2,5-6,8H,3-4,7H2. The molecular weight excluding hydrogens is 359 g/mol. The van der Waals surface area contributed by atoms with Crippen molar-refractivity contribution >= 4 is 33.3 Å². The molecule has 0 aliphatic carbocycles.